The van der Waals surface area contributed by atoms with Crippen molar-refractivity contribution in [2.45, 2.75) is 27.7 Å². The minimum absolute atomic E-state index is 0.263. The minimum atomic E-state index is -0.263. The Morgan fingerprint density at radius 2 is 1.67 bits per heavy atom. The van der Waals surface area contributed by atoms with Crippen LogP contribution in [0.15, 0.2) is 96.6 Å². The minimum Gasteiger partial charge on any atom is -0.206 e. The summed E-state index contributed by atoms with van der Waals surface area (Å²) in [5.41, 5.74) is 4.72. The standard InChI is InChI=1S/C24H21B2FS.C2H6/c1-5-18(16(3)8-11-20(25)6-2)9-7-17(4)21-12-10-19(15-22(21)27)23-13-14-24(26)28-23;1-2/h5-15H,1-2H2,3-4H3;1-2H3/b16-8+,17-7+,18-9+,20-11+;. The highest BCUT2D eigenvalue weighted by atomic mass is 32.1. The predicted molar refractivity (Wildman–Crippen MR) is 136 cm³/mol. The second kappa shape index (κ2) is 12.9. The molecule has 2 rings (SSSR count). The van der Waals surface area contributed by atoms with E-state index < -0.39 is 0 Å². The molecule has 0 N–H and O–H groups in total. The smallest absolute Gasteiger partial charge is 0.131 e. The first kappa shape index (κ1) is 25.5. The highest BCUT2D eigenvalue weighted by molar-refractivity contribution is 7.23. The largest absolute Gasteiger partial charge is 0.206 e. The normalized spacial score (nSPS) is 12.8. The van der Waals surface area contributed by atoms with Crippen LogP contribution in [0.5, 0.6) is 0 Å². The molecule has 2 aromatic rings. The van der Waals surface area contributed by atoms with E-state index >= 15 is 0 Å². The molecule has 0 saturated heterocycles. The maximum Gasteiger partial charge on any atom is 0.131 e. The van der Waals surface area contributed by atoms with Gasteiger partial charge in [0, 0.05) is 10.4 Å². The molecule has 0 saturated carbocycles. The van der Waals surface area contributed by atoms with Gasteiger partial charge in [-0.05, 0) is 53.0 Å². The third-order valence-electron chi connectivity index (χ3n) is 4.25. The second-order valence-corrected chi connectivity index (χ2v) is 7.41. The summed E-state index contributed by atoms with van der Waals surface area (Å²) in [6.07, 6.45) is 10.8. The Balaban J connectivity index is 0.00000218. The summed E-state index contributed by atoms with van der Waals surface area (Å²) >= 11 is 1.44. The van der Waals surface area contributed by atoms with Gasteiger partial charge in [0.15, 0.2) is 0 Å². The Hall–Kier alpha value is -2.58. The monoisotopic (exact) mass is 412 g/mol. The molecule has 0 amide bonds. The Kier molecular flexibility index (Phi) is 10.9. The molecule has 0 spiro atoms. The van der Waals surface area contributed by atoms with Gasteiger partial charge in [-0.15, -0.1) is 0 Å². The topological polar surface area (TPSA) is 0 Å². The van der Waals surface area contributed by atoms with Crippen molar-refractivity contribution in [1.82, 2.24) is 0 Å². The van der Waals surface area contributed by atoms with Crippen molar-refractivity contribution in [2.75, 3.05) is 0 Å². The Morgan fingerprint density at radius 1 is 0.967 bits per heavy atom. The fourth-order valence-electron chi connectivity index (χ4n) is 2.55. The van der Waals surface area contributed by atoms with Crippen molar-refractivity contribution in [3.63, 3.8) is 0 Å². The molecule has 4 radical (unpaired) electrons. The van der Waals surface area contributed by atoms with Gasteiger partial charge >= 0.3 is 0 Å². The first-order chi connectivity index (χ1) is 14.3. The van der Waals surface area contributed by atoms with Gasteiger partial charge in [0.1, 0.15) is 21.5 Å². The van der Waals surface area contributed by atoms with E-state index in [4.69, 9.17) is 15.7 Å². The van der Waals surface area contributed by atoms with E-state index in [9.17, 15) is 4.39 Å². The molecule has 0 fully saturated rings. The predicted octanol–water partition coefficient (Wildman–Crippen LogP) is 7.07. The summed E-state index contributed by atoms with van der Waals surface area (Å²) in [5.74, 6) is -0.263. The lowest BCUT2D eigenvalue weighted by Gasteiger charge is -2.06. The number of hydrogen-bond acceptors (Lipinski definition) is 1. The Morgan fingerprint density at radius 3 is 2.20 bits per heavy atom. The summed E-state index contributed by atoms with van der Waals surface area (Å²) in [6, 6.07) is 8.98. The second-order valence-electron chi connectivity index (χ2n) is 6.29. The van der Waals surface area contributed by atoms with E-state index in [-0.39, 0.29) is 5.82 Å². The molecule has 0 unspecified atom stereocenters. The summed E-state index contributed by atoms with van der Waals surface area (Å²) in [6.45, 7) is 15.3. The first-order valence-corrected chi connectivity index (χ1v) is 10.6. The van der Waals surface area contributed by atoms with Crippen LogP contribution in [-0.2, 0) is 0 Å². The lowest BCUT2D eigenvalue weighted by molar-refractivity contribution is 0.624. The number of thiophene rings is 1. The molecule has 0 nitrogen and oxygen atoms in total. The van der Waals surface area contributed by atoms with Gasteiger partial charge < -0.3 is 0 Å². The van der Waals surface area contributed by atoms with Crippen molar-refractivity contribution in [3.05, 3.63) is 108 Å². The Bertz CT molecular complexity index is 1000. The molecule has 0 aliphatic carbocycles. The molecule has 0 aliphatic rings. The van der Waals surface area contributed by atoms with Crippen LogP contribution in [-0.4, -0.2) is 15.7 Å². The molecule has 0 aliphatic heterocycles. The number of benzene rings is 1. The van der Waals surface area contributed by atoms with Gasteiger partial charge in [-0.25, -0.2) is 4.39 Å². The fourth-order valence-corrected chi connectivity index (χ4v) is 3.32. The SMILES string of the molecule is CC.[B]/C(C=C)=C/C=C(C)/C(C=C)=C/C=C(\C)c1ccc(-c2ccc([B])s2)cc1F. The van der Waals surface area contributed by atoms with Gasteiger partial charge in [-0.1, -0.05) is 87.1 Å². The number of hydrogen-bond donors (Lipinski definition) is 0. The maximum absolute atomic E-state index is 14.7. The third-order valence-corrected chi connectivity index (χ3v) is 5.22. The average molecular weight is 412 g/mol. The molecular formula is C26H27B2FS. The number of rotatable bonds is 7. The van der Waals surface area contributed by atoms with Crippen molar-refractivity contribution < 1.29 is 4.39 Å². The van der Waals surface area contributed by atoms with Crippen molar-refractivity contribution >= 4 is 37.4 Å². The van der Waals surface area contributed by atoms with E-state index in [1.807, 2.05) is 64.1 Å². The zero-order valence-corrected chi connectivity index (χ0v) is 19.0. The average Bonchev–Trinajstić information content (AvgIpc) is 3.19. The van der Waals surface area contributed by atoms with Gasteiger partial charge in [0.05, 0.1) is 0 Å². The molecular weight excluding hydrogens is 385 g/mol. The van der Waals surface area contributed by atoms with E-state index in [0.29, 0.717) is 15.8 Å². The summed E-state index contributed by atoms with van der Waals surface area (Å²) in [7, 11) is 11.5. The zero-order valence-electron chi connectivity index (χ0n) is 18.2. The molecule has 30 heavy (non-hydrogen) atoms. The molecule has 1 aromatic carbocycles. The van der Waals surface area contributed by atoms with E-state index in [1.165, 1.54) is 11.3 Å². The van der Waals surface area contributed by atoms with Gasteiger partial charge in [0.25, 0.3) is 0 Å². The van der Waals surface area contributed by atoms with Crippen molar-refractivity contribution in [2.24, 2.45) is 0 Å². The molecule has 0 bridgehead atoms. The summed E-state index contributed by atoms with van der Waals surface area (Å²) in [5, 5.41) is 0. The molecule has 150 valence electrons. The first-order valence-electron chi connectivity index (χ1n) is 9.79. The van der Waals surface area contributed by atoms with E-state index in [2.05, 4.69) is 13.2 Å². The summed E-state index contributed by atoms with van der Waals surface area (Å²) in [4.78, 5) is 0.950. The Labute approximate surface area is 187 Å². The lowest BCUT2D eigenvalue weighted by Crippen LogP contribution is -1.89. The van der Waals surface area contributed by atoms with Crippen LogP contribution in [0, 0.1) is 5.82 Å². The maximum atomic E-state index is 14.7. The number of halogens is 1. The number of allylic oxidation sites excluding steroid dienone is 10. The van der Waals surface area contributed by atoms with Crippen LogP contribution in [0.25, 0.3) is 16.0 Å². The van der Waals surface area contributed by atoms with Gasteiger partial charge in [0.2, 0.25) is 0 Å². The van der Waals surface area contributed by atoms with Crippen LogP contribution in [0.4, 0.5) is 4.39 Å². The molecule has 1 heterocycles. The van der Waals surface area contributed by atoms with Gasteiger partial charge in [-0.2, -0.15) is 11.3 Å². The highest BCUT2D eigenvalue weighted by Crippen LogP contribution is 2.28. The fraction of sp³-hybridized carbons (Fsp3) is 0.154. The summed E-state index contributed by atoms with van der Waals surface area (Å²) < 4.78 is 15.4. The van der Waals surface area contributed by atoms with Crippen LogP contribution in [0.2, 0.25) is 0 Å². The van der Waals surface area contributed by atoms with Crippen LogP contribution >= 0.6 is 11.3 Å². The van der Waals surface area contributed by atoms with Crippen LogP contribution in [0.1, 0.15) is 33.3 Å². The highest BCUT2D eigenvalue weighted by Gasteiger charge is 2.08. The molecule has 1 aromatic heterocycles. The molecule has 0 atom stereocenters. The van der Waals surface area contributed by atoms with Crippen molar-refractivity contribution in [3.8, 4) is 10.4 Å². The van der Waals surface area contributed by atoms with Crippen molar-refractivity contribution in [1.29, 1.82) is 0 Å². The quantitative estimate of drug-likeness (QED) is 0.337. The van der Waals surface area contributed by atoms with Crippen LogP contribution < -0.4 is 4.78 Å². The van der Waals surface area contributed by atoms with E-state index in [0.717, 1.165) is 27.2 Å². The van der Waals surface area contributed by atoms with Crippen LogP contribution in [0.3, 0.4) is 0 Å². The lowest BCUT2D eigenvalue weighted by atomic mass is 9.94. The van der Waals surface area contributed by atoms with E-state index in [1.54, 1.807) is 30.4 Å². The zero-order chi connectivity index (χ0) is 22.7. The third kappa shape index (κ3) is 7.35. The molecule has 4 heteroatoms. The van der Waals surface area contributed by atoms with Gasteiger partial charge in [-0.3, -0.25) is 0 Å².